The molecule has 0 amide bonds. The zero-order valence-electron chi connectivity index (χ0n) is 10.9. The summed E-state index contributed by atoms with van der Waals surface area (Å²) in [4.78, 5) is 0. The molecule has 1 rings (SSSR count). The Balaban J connectivity index is 0. The van der Waals surface area contributed by atoms with E-state index in [0.29, 0.717) is 0 Å². The first-order valence-electron chi connectivity index (χ1n) is 5.55. The van der Waals surface area contributed by atoms with Crippen molar-refractivity contribution < 1.29 is 27.1 Å². The van der Waals surface area contributed by atoms with Crippen molar-refractivity contribution in [1.29, 1.82) is 0 Å². The van der Waals surface area contributed by atoms with Gasteiger partial charge in [0.25, 0.3) is 0 Å². The fraction of sp³-hybridized carbons (Fsp3) is 0.538. The van der Waals surface area contributed by atoms with Crippen molar-refractivity contribution in [3.63, 3.8) is 0 Å². The van der Waals surface area contributed by atoms with E-state index in [4.69, 9.17) is 10.2 Å². The maximum Gasteiger partial charge on any atom is 0.101 e. The Morgan fingerprint density at radius 1 is 0.941 bits per heavy atom. The van der Waals surface area contributed by atoms with Crippen LogP contribution in [0.25, 0.3) is 0 Å². The molecule has 0 aliphatic heterocycles. The lowest BCUT2D eigenvalue weighted by Crippen LogP contribution is -3.00. The van der Waals surface area contributed by atoms with Gasteiger partial charge in [-0.1, -0.05) is 30.3 Å². The van der Waals surface area contributed by atoms with Crippen molar-refractivity contribution in [2.45, 2.75) is 6.42 Å². The van der Waals surface area contributed by atoms with Crippen LogP contribution >= 0.6 is 0 Å². The Kier molecular flexibility index (Phi) is 11.6. The summed E-state index contributed by atoms with van der Waals surface area (Å²) in [7, 11) is 6.16. The van der Waals surface area contributed by atoms with Gasteiger partial charge in [0.2, 0.25) is 0 Å². The first-order chi connectivity index (χ1) is 7.49. The van der Waals surface area contributed by atoms with Gasteiger partial charge in [-0.3, -0.25) is 0 Å². The Hall–Kier alpha value is -0.610. The molecular weight excluding hydrogens is 238 g/mol. The summed E-state index contributed by atoms with van der Waals surface area (Å²) in [5, 5.41) is 16.9. The van der Waals surface area contributed by atoms with Gasteiger partial charge in [-0.2, -0.15) is 0 Å². The number of hydrogen-bond acceptors (Lipinski definition) is 2. The molecule has 3 nitrogen and oxygen atoms in total. The maximum atomic E-state index is 8.52. The fourth-order valence-corrected chi connectivity index (χ4v) is 1.07. The average molecular weight is 262 g/mol. The molecule has 0 heterocycles. The third-order valence-electron chi connectivity index (χ3n) is 2.01. The van der Waals surface area contributed by atoms with Crippen LogP contribution in [0.3, 0.4) is 0 Å². The zero-order valence-corrected chi connectivity index (χ0v) is 11.7. The number of rotatable bonds is 4. The highest BCUT2D eigenvalue weighted by atomic mass is 35.5. The van der Waals surface area contributed by atoms with E-state index in [-0.39, 0.29) is 25.6 Å². The van der Waals surface area contributed by atoms with Crippen LogP contribution < -0.4 is 12.4 Å². The van der Waals surface area contributed by atoms with Crippen LogP contribution in [-0.4, -0.2) is 55.6 Å². The van der Waals surface area contributed by atoms with Crippen molar-refractivity contribution in [2.24, 2.45) is 0 Å². The molecule has 2 N–H and O–H groups in total. The largest absolute Gasteiger partial charge is 1.00 e. The summed E-state index contributed by atoms with van der Waals surface area (Å²) < 4.78 is 0.844. The summed E-state index contributed by atoms with van der Waals surface area (Å²) in [6.07, 6.45) is 0.765. The highest BCUT2D eigenvalue weighted by Gasteiger charge is 2.02. The Labute approximate surface area is 111 Å². The number of hydrogen-bond donors (Lipinski definition) is 2. The van der Waals surface area contributed by atoms with Gasteiger partial charge in [0, 0.05) is 6.61 Å². The van der Waals surface area contributed by atoms with E-state index in [1.165, 1.54) is 5.56 Å². The lowest BCUT2D eigenvalue weighted by atomic mass is 10.2. The molecule has 0 atom stereocenters. The van der Waals surface area contributed by atoms with E-state index in [1.54, 1.807) is 0 Å². The van der Waals surface area contributed by atoms with Gasteiger partial charge in [-0.05, 0) is 12.0 Å². The molecule has 17 heavy (non-hydrogen) atoms. The van der Waals surface area contributed by atoms with Crippen LogP contribution in [0.5, 0.6) is 0 Å². The van der Waals surface area contributed by atoms with Crippen molar-refractivity contribution in [1.82, 2.24) is 0 Å². The number of aliphatic hydroxyl groups excluding tert-OH is 2. The van der Waals surface area contributed by atoms with E-state index in [9.17, 15) is 0 Å². The lowest BCUT2D eigenvalue weighted by Gasteiger charge is -2.21. The van der Waals surface area contributed by atoms with Gasteiger partial charge in [0.1, 0.15) is 6.54 Å². The average Bonchev–Trinajstić information content (AvgIpc) is 2.19. The van der Waals surface area contributed by atoms with E-state index in [1.807, 2.05) is 30.3 Å². The molecule has 100 valence electrons. The summed E-state index contributed by atoms with van der Waals surface area (Å²) >= 11 is 0. The molecular formula is C13H24ClNO2. The first-order valence-corrected chi connectivity index (χ1v) is 5.55. The van der Waals surface area contributed by atoms with Gasteiger partial charge < -0.3 is 27.1 Å². The van der Waals surface area contributed by atoms with Gasteiger partial charge in [0.05, 0.1) is 27.7 Å². The molecule has 1 aromatic rings. The fourth-order valence-electron chi connectivity index (χ4n) is 1.07. The number of quaternary nitrogens is 1. The van der Waals surface area contributed by atoms with E-state index < -0.39 is 0 Å². The summed E-state index contributed by atoms with van der Waals surface area (Å²) in [6.45, 7) is 1.35. The van der Waals surface area contributed by atoms with Crippen molar-refractivity contribution in [3.8, 4) is 0 Å². The van der Waals surface area contributed by atoms with Crippen LogP contribution in [0.4, 0.5) is 0 Å². The van der Waals surface area contributed by atoms with E-state index >= 15 is 0 Å². The van der Waals surface area contributed by atoms with Crippen molar-refractivity contribution >= 4 is 0 Å². The molecule has 0 aromatic heterocycles. The third kappa shape index (κ3) is 13.3. The summed E-state index contributed by atoms with van der Waals surface area (Å²) in [5.41, 5.74) is 1.19. The molecule has 0 saturated heterocycles. The van der Waals surface area contributed by atoms with Crippen LogP contribution in [0.15, 0.2) is 30.3 Å². The molecule has 1 aromatic carbocycles. The smallest absolute Gasteiger partial charge is 0.101 e. The second-order valence-corrected chi connectivity index (χ2v) is 4.70. The third-order valence-corrected chi connectivity index (χ3v) is 2.01. The maximum absolute atomic E-state index is 8.52. The predicted molar refractivity (Wildman–Crippen MR) is 67.2 cm³/mol. The minimum atomic E-state index is 0. The minimum Gasteiger partial charge on any atom is -1.00 e. The second-order valence-electron chi connectivity index (χ2n) is 4.70. The molecule has 0 aliphatic rings. The number of halogens is 1. The molecule has 0 fully saturated rings. The summed E-state index contributed by atoms with van der Waals surface area (Å²) in [5.74, 6) is 0. The topological polar surface area (TPSA) is 40.5 Å². The van der Waals surface area contributed by atoms with Crippen LogP contribution in [0, 0.1) is 0 Å². The highest BCUT2D eigenvalue weighted by molar-refractivity contribution is 5.14. The van der Waals surface area contributed by atoms with Crippen LogP contribution in [0.2, 0.25) is 0 Å². The normalized spacial score (nSPS) is 9.94. The number of nitrogens with zero attached hydrogens (tertiary/aromatic N) is 1. The van der Waals surface area contributed by atoms with Gasteiger partial charge in [-0.25, -0.2) is 0 Å². The molecule has 4 heteroatoms. The monoisotopic (exact) mass is 261 g/mol. The van der Waals surface area contributed by atoms with E-state index in [2.05, 4.69) is 21.1 Å². The van der Waals surface area contributed by atoms with Gasteiger partial charge in [0.15, 0.2) is 0 Å². The quantitative estimate of drug-likeness (QED) is 0.611. The minimum absolute atomic E-state index is 0. The van der Waals surface area contributed by atoms with Crippen LogP contribution in [-0.2, 0) is 6.42 Å². The van der Waals surface area contributed by atoms with Gasteiger partial charge in [-0.15, -0.1) is 0 Å². The Morgan fingerprint density at radius 3 is 1.76 bits per heavy atom. The predicted octanol–water partition coefficient (Wildman–Crippen LogP) is -2.09. The highest BCUT2D eigenvalue weighted by Crippen LogP contribution is 1.97. The second kappa shape index (κ2) is 10.5. The Bertz CT molecular complexity index is 260. The lowest BCUT2D eigenvalue weighted by molar-refractivity contribution is -0.870. The number of aliphatic hydroxyl groups is 2. The molecule has 0 saturated carbocycles. The number of likely N-dealkylation sites (N-methyl/N-ethyl adjacent to an activating group) is 1. The standard InChI is InChI=1S/C8H10O.C5H14NO.ClH/c9-7-6-8-4-2-1-3-5-8;1-6(2,3)4-5-7;/h1-5,9H,6-7H2;7H,4-5H2,1-3H3;1H/q;+1;/p-1. The molecule has 0 bridgehead atoms. The van der Waals surface area contributed by atoms with Crippen molar-refractivity contribution in [3.05, 3.63) is 35.9 Å². The van der Waals surface area contributed by atoms with E-state index in [0.717, 1.165) is 17.4 Å². The summed E-state index contributed by atoms with van der Waals surface area (Å²) in [6, 6.07) is 9.95. The SMILES string of the molecule is C[N+](C)(C)CCO.OCCc1ccccc1.[Cl-]. The van der Waals surface area contributed by atoms with Crippen LogP contribution in [0.1, 0.15) is 5.56 Å². The zero-order chi connectivity index (χ0) is 12.4. The first kappa shape index (κ1) is 18.7. The molecule has 0 spiro atoms. The molecule has 0 unspecified atom stereocenters. The molecule has 0 aliphatic carbocycles. The Morgan fingerprint density at radius 2 is 1.47 bits per heavy atom. The van der Waals surface area contributed by atoms with Gasteiger partial charge >= 0.3 is 0 Å². The number of benzene rings is 1. The molecule has 0 radical (unpaired) electrons. The van der Waals surface area contributed by atoms with Crippen molar-refractivity contribution in [2.75, 3.05) is 40.9 Å².